The Morgan fingerprint density at radius 3 is 2.53 bits per heavy atom. The van der Waals surface area contributed by atoms with E-state index < -0.39 is 0 Å². The fraction of sp³-hybridized carbons (Fsp3) is 0.647. The monoisotopic (exact) mass is 232 g/mol. The summed E-state index contributed by atoms with van der Waals surface area (Å²) in [6, 6.07) is 0. The maximum absolute atomic E-state index is 3.99. The van der Waals surface area contributed by atoms with E-state index in [2.05, 4.69) is 39.5 Å². The molecule has 0 aromatic heterocycles. The van der Waals surface area contributed by atoms with Gasteiger partial charge in [-0.25, -0.2) is 0 Å². The van der Waals surface area contributed by atoms with Crippen LogP contribution in [0.3, 0.4) is 0 Å². The SMILES string of the molecule is C=C(C)CCCC(CC)C1=CC=C(CC)CC1. The summed E-state index contributed by atoms with van der Waals surface area (Å²) in [4.78, 5) is 0. The molecule has 0 fully saturated rings. The lowest BCUT2D eigenvalue weighted by atomic mass is 9.84. The van der Waals surface area contributed by atoms with Gasteiger partial charge < -0.3 is 0 Å². The summed E-state index contributed by atoms with van der Waals surface area (Å²) in [7, 11) is 0. The van der Waals surface area contributed by atoms with Gasteiger partial charge in [-0.05, 0) is 57.8 Å². The molecular weight excluding hydrogens is 204 g/mol. The third-order valence-corrected chi connectivity index (χ3v) is 3.90. The quantitative estimate of drug-likeness (QED) is 0.485. The smallest absolute Gasteiger partial charge is 0.0203 e. The molecule has 1 rings (SSSR count). The van der Waals surface area contributed by atoms with Crippen LogP contribution in [0.1, 0.15) is 65.7 Å². The predicted octanol–water partition coefficient (Wildman–Crippen LogP) is 5.82. The first-order valence-corrected chi connectivity index (χ1v) is 7.20. The molecule has 0 N–H and O–H groups in total. The van der Waals surface area contributed by atoms with Crippen molar-refractivity contribution in [2.75, 3.05) is 0 Å². The Kier molecular flexibility index (Phi) is 6.32. The van der Waals surface area contributed by atoms with Crippen LogP contribution in [0, 0.1) is 5.92 Å². The highest BCUT2D eigenvalue weighted by atomic mass is 14.2. The van der Waals surface area contributed by atoms with Gasteiger partial charge in [0.05, 0.1) is 0 Å². The van der Waals surface area contributed by atoms with Gasteiger partial charge >= 0.3 is 0 Å². The second kappa shape index (κ2) is 7.53. The van der Waals surface area contributed by atoms with Gasteiger partial charge in [-0.15, -0.1) is 6.58 Å². The van der Waals surface area contributed by atoms with Crippen molar-refractivity contribution in [1.82, 2.24) is 0 Å². The summed E-state index contributed by atoms with van der Waals surface area (Å²) in [6.07, 6.45) is 13.7. The Balaban J connectivity index is 2.48. The Morgan fingerprint density at radius 2 is 2.06 bits per heavy atom. The predicted molar refractivity (Wildman–Crippen MR) is 78.1 cm³/mol. The Morgan fingerprint density at radius 1 is 1.29 bits per heavy atom. The minimum absolute atomic E-state index is 0.809. The molecule has 0 aliphatic heterocycles. The van der Waals surface area contributed by atoms with E-state index in [1.165, 1.54) is 50.5 Å². The van der Waals surface area contributed by atoms with E-state index >= 15 is 0 Å². The fourth-order valence-electron chi connectivity index (χ4n) is 2.63. The summed E-state index contributed by atoms with van der Waals surface area (Å²) in [5, 5.41) is 0. The van der Waals surface area contributed by atoms with Crippen molar-refractivity contribution in [3.05, 3.63) is 35.5 Å². The second-order valence-corrected chi connectivity index (χ2v) is 5.37. The molecule has 0 spiro atoms. The highest BCUT2D eigenvalue weighted by Gasteiger charge is 2.14. The molecule has 0 bridgehead atoms. The zero-order valence-electron chi connectivity index (χ0n) is 11.9. The summed E-state index contributed by atoms with van der Waals surface area (Å²) in [6.45, 7) is 10.7. The maximum atomic E-state index is 3.99. The van der Waals surface area contributed by atoms with Crippen LogP contribution in [-0.2, 0) is 0 Å². The number of hydrogen-bond acceptors (Lipinski definition) is 0. The van der Waals surface area contributed by atoms with E-state index in [1.807, 2.05) is 0 Å². The summed E-state index contributed by atoms with van der Waals surface area (Å²) in [5.41, 5.74) is 4.63. The topological polar surface area (TPSA) is 0 Å². The molecule has 1 aliphatic carbocycles. The molecule has 1 aliphatic rings. The first kappa shape index (κ1) is 14.3. The summed E-state index contributed by atoms with van der Waals surface area (Å²) < 4.78 is 0. The molecule has 17 heavy (non-hydrogen) atoms. The van der Waals surface area contributed by atoms with Crippen LogP contribution in [0.5, 0.6) is 0 Å². The van der Waals surface area contributed by atoms with Gasteiger partial charge in [-0.3, -0.25) is 0 Å². The molecular formula is C17H28. The van der Waals surface area contributed by atoms with Gasteiger partial charge in [0.15, 0.2) is 0 Å². The lowest BCUT2D eigenvalue weighted by Gasteiger charge is -2.22. The average Bonchev–Trinajstić information content (AvgIpc) is 2.34. The van der Waals surface area contributed by atoms with Gasteiger partial charge in [0.1, 0.15) is 0 Å². The van der Waals surface area contributed by atoms with Gasteiger partial charge in [0.25, 0.3) is 0 Å². The second-order valence-electron chi connectivity index (χ2n) is 5.37. The maximum Gasteiger partial charge on any atom is -0.0203 e. The van der Waals surface area contributed by atoms with Crippen molar-refractivity contribution in [3.8, 4) is 0 Å². The van der Waals surface area contributed by atoms with Crippen molar-refractivity contribution in [2.45, 2.75) is 65.7 Å². The minimum atomic E-state index is 0.809. The molecule has 0 heteroatoms. The fourth-order valence-corrected chi connectivity index (χ4v) is 2.63. The van der Waals surface area contributed by atoms with Crippen LogP contribution in [0.2, 0.25) is 0 Å². The van der Waals surface area contributed by atoms with Crippen LogP contribution in [0.4, 0.5) is 0 Å². The van der Waals surface area contributed by atoms with E-state index in [4.69, 9.17) is 0 Å². The Labute approximate surface area is 108 Å². The Hall–Kier alpha value is -0.780. The molecule has 0 nitrogen and oxygen atoms in total. The standard InChI is InChI=1S/C17H28/c1-5-15-10-12-17(13-11-15)16(6-2)9-7-8-14(3)4/h10,12,16H,3,5-9,11,13H2,1-2,4H3. The molecule has 0 saturated carbocycles. The van der Waals surface area contributed by atoms with Crippen molar-refractivity contribution in [3.63, 3.8) is 0 Å². The van der Waals surface area contributed by atoms with Gasteiger partial charge in [0, 0.05) is 0 Å². The van der Waals surface area contributed by atoms with E-state index in [-0.39, 0.29) is 0 Å². The van der Waals surface area contributed by atoms with E-state index in [9.17, 15) is 0 Å². The molecule has 1 unspecified atom stereocenters. The lowest BCUT2D eigenvalue weighted by molar-refractivity contribution is 0.500. The van der Waals surface area contributed by atoms with Crippen molar-refractivity contribution >= 4 is 0 Å². The zero-order chi connectivity index (χ0) is 12.7. The van der Waals surface area contributed by atoms with Crippen LogP contribution in [0.15, 0.2) is 35.5 Å². The van der Waals surface area contributed by atoms with E-state index in [0.717, 1.165) is 5.92 Å². The molecule has 0 heterocycles. The normalized spacial score (nSPS) is 17.4. The van der Waals surface area contributed by atoms with Crippen LogP contribution >= 0.6 is 0 Å². The first-order valence-electron chi connectivity index (χ1n) is 7.20. The van der Waals surface area contributed by atoms with E-state index in [0.29, 0.717) is 0 Å². The van der Waals surface area contributed by atoms with Gasteiger partial charge in [-0.1, -0.05) is 42.7 Å². The minimum Gasteiger partial charge on any atom is -0.100 e. The molecule has 0 aromatic carbocycles. The first-order chi connectivity index (χ1) is 8.17. The third-order valence-electron chi connectivity index (χ3n) is 3.90. The number of rotatable bonds is 7. The highest BCUT2D eigenvalue weighted by Crippen LogP contribution is 2.30. The summed E-state index contributed by atoms with van der Waals surface area (Å²) >= 11 is 0. The van der Waals surface area contributed by atoms with Crippen LogP contribution in [0.25, 0.3) is 0 Å². The summed E-state index contributed by atoms with van der Waals surface area (Å²) in [5.74, 6) is 0.809. The van der Waals surface area contributed by atoms with Crippen LogP contribution in [-0.4, -0.2) is 0 Å². The molecule has 0 aromatic rings. The zero-order valence-corrected chi connectivity index (χ0v) is 11.9. The molecule has 0 radical (unpaired) electrons. The van der Waals surface area contributed by atoms with Gasteiger partial charge in [0.2, 0.25) is 0 Å². The largest absolute Gasteiger partial charge is 0.100 e. The van der Waals surface area contributed by atoms with Crippen molar-refractivity contribution in [1.29, 1.82) is 0 Å². The third kappa shape index (κ3) is 4.93. The molecule has 0 amide bonds. The molecule has 96 valence electrons. The molecule has 1 atom stereocenters. The average molecular weight is 232 g/mol. The van der Waals surface area contributed by atoms with Gasteiger partial charge in [-0.2, -0.15) is 0 Å². The Bertz CT molecular complexity index is 304. The lowest BCUT2D eigenvalue weighted by Crippen LogP contribution is -2.06. The number of hydrogen-bond donors (Lipinski definition) is 0. The van der Waals surface area contributed by atoms with Crippen LogP contribution < -0.4 is 0 Å². The van der Waals surface area contributed by atoms with Crippen molar-refractivity contribution < 1.29 is 0 Å². The van der Waals surface area contributed by atoms with Crippen molar-refractivity contribution in [2.24, 2.45) is 5.92 Å². The van der Waals surface area contributed by atoms with E-state index in [1.54, 1.807) is 11.1 Å². The highest BCUT2D eigenvalue weighted by molar-refractivity contribution is 5.25. The number of allylic oxidation sites excluding steroid dienone is 5. The molecule has 0 saturated heterocycles.